The highest BCUT2D eigenvalue weighted by Gasteiger charge is 2.62. The van der Waals surface area contributed by atoms with Crippen molar-refractivity contribution in [3.63, 3.8) is 0 Å². The summed E-state index contributed by atoms with van der Waals surface area (Å²) in [7, 11) is -5.04. The van der Waals surface area contributed by atoms with E-state index in [2.05, 4.69) is 10.6 Å². The van der Waals surface area contributed by atoms with Crippen molar-refractivity contribution in [1.29, 1.82) is 0 Å². The molecule has 4 aliphatic heterocycles. The zero-order valence-electron chi connectivity index (χ0n) is 31.9. The Hall–Kier alpha value is -4.46. The van der Waals surface area contributed by atoms with E-state index in [1.54, 1.807) is 13.8 Å². The molecule has 1 aliphatic carbocycles. The molecule has 1 unspecified atom stereocenters. The van der Waals surface area contributed by atoms with Crippen LogP contribution in [-0.2, 0) is 36.9 Å². The number of amides is 1. The summed E-state index contributed by atoms with van der Waals surface area (Å²) in [6.45, 7) is 7.03. The van der Waals surface area contributed by atoms with Crippen LogP contribution < -0.4 is 15.4 Å². The first-order valence-electron chi connectivity index (χ1n) is 19.2. The number of rotatable bonds is 7. The Labute approximate surface area is 352 Å². The zero-order chi connectivity index (χ0) is 41.4. The van der Waals surface area contributed by atoms with Gasteiger partial charge in [-0.05, 0) is 58.7 Å². The van der Waals surface area contributed by atoms with Gasteiger partial charge in [-0.25, -0.2) is 9.55 Å². The molecule has 304 valence electrons. The number of nitrogens with one attached hydrogen (secondary N) is 2. The fourth-order valence-corrected chi connectivity index (χ4v) is 10.8. The summed E-state index contributed by atoms with van der Waals surface area (Å²) in [5, 5.41) is 7.85. The summed E-state index contributed by atoms with van der Waals surface area (Å²) in [6, 6.07) is 14.5. The van der Waals surface area contributed by atoms with Crippen LogP contribution in [0.15, 0.2) is 62.4 Å². The number of ether oxygens (including phenoxy) is 1. The number of carbonyl (C=O) groups excluding carboxylic acids is 2. The number of Topliss-reactive ketones (excluding diaryl/α,β-unsaturated/α-hetero) is 1. The van der Waals surface area contributed by atoms with Crippen molar-refractivity contribution in [3.05, 3.63) is 109 Å². The monoisotopic (exact) mass is 876 g/mol. The van der Waals surface area contributed by atoms with Crippen molar-refractivity contribution in [3.8, 4) is 28.5 Å². The molecule has 10 bridgehead atoms. The average Bonchev–Trinajstić information content (AvgIpc) is 3.97. The number of hydrogen-bond acceptors (Lipinski definition) is 10. The maximum Gasteiger partial charge on any atom is 0.470 e. The van der Waals surface area contributed by atoms with Crippen molar-refractivity contribution in [2.75, 3.05) is 5.32 Å². The minimum atomic E-state index is -5.04. The van der Waals surface area contributed by atoms with Gasteiger partial charge in [0.15, 0.2) is 34.4 Å². The van der Waals surface area contributed by atoms with Crippen LogP contribution in [0.5, 0.6) is 5.75 Å². The molecule has 6 heterocycles. The third kappa shape index (κ3) is 5.88. The van der Waals surface area contributed by atoms with E-state index in [4.69, 9.17) is 62.9 Å². The lowest BCUT2D eigenvalue weighted by Gasteiger charge is -2.29. The molecule has 2 aromatic heterocycles. The van der Waals surface area contributed by atoms with Crippen molar-refractivity contribution < 1.29 is 42.0 Å². The van der Waals surface area contributed by atoms with E-state index in [0.29, 0.717) is 44.7 Å². The van der Waals surface area contributed by atoms with Gasteiger partial charge in [-0.2, -0.15) is 4.98 Å². The molecule has 1 amide bonds. The minimum Gasteiger partial charge on any atom is -0.469 e. The van der Waals surface area contributed by atoms with Crippen molar-refractivity contribution in [2.45, 2.75) is 70.7 Å². The van der Waals surface area contributed by atoms with Gasteiger partial charge in [0.2, 0.25) is 11.8 Å². The fraction of sp³-hybridized carbons (Fsp3) is 0.333. The Morgan fingerprint density at radius 1 is 1.02 bits per heavy atom. The van der Waals surface area contributed by atoms with Crippen LogP contribution in [0.2, 0.25) is 10.2 Å². The number of phosphoric ester groups is 1. The van der Waals surface area contributed by atoms with E-state index in [1.807, 2.05) is 62.4 Å². The van der Waals surface area contributed by atoms with Gasteiger partial charge in [-0.1, -0.05) is 92.8 Å². The van der Waals surface area contributed by atoms with Crippen molar-refractivity contribution >= 4 is 65.6 Å². The summed E-state index contributed by atoms with van der Waals surface area (Å²) in [4.78, 5) is 57.4. The van der Waals surface area contributed by atoms with Crippen LogP contribution in [0.25, 0.3) is 28.3 Å². The number of fused-ring (bicyclic) bond motifs is 7. The molecule has 5 aliphatic rings. The van der Waals surface area contributed by atoms with Crippen LogP contribution in [0.4, 0.5) is 5.69 Å². The lowest BCUT2D eigenvalue weighted by atomic mass is 9.71. The summed E-state index contributed by atoms with van der Waals surface area (Å²) in [5.74, 6) is -1.68. The first kappa shape index (κ1) is 38.7. The predicted octanol–water partition coefficient (Wildman–Crippen LogP) is 8.73. The highest BCUT2D eigenvalue weighted by atomic mass is 35.5. The van der Waals surface area contributed by atoms with Gasteiger partial charge in [0.05, 0.1) is 0 Å². The Morgan fingerprint density at radius 3 is 2.56 bits per heavy atom. The van der Waals surface area contributed by atoms with E-state index in [-0.39, 0.29) is 47.1 Å². The molecule has 0 saturated carbocycles. The number of benzene rings is 3. The molecule has 13 nitrogen and oxygen atoms in total. The van der Waals surface area contributed by atoms with Gasteiger partial charge in [0.1, 0.15) is 23.3 Å². The second-order valence-electron chi connectivity index (χ2n) is 16.4. The van der Waals surface area contributed by atoms with Crippen molar-refractivity contribution in [2.24, 2.45) is 17.8 Å². The Morgan fingerprint density at radius 2 is 1.81 bits per heavy atom. The SMILES string of the molecule is CC(C)[C@H](OP(=O)(O)O)C(=O)C[C@H]1Cc2ccc3c(c2)[C@]24c5cc(Cl)cc(c5NC2O3)-c2cccc3c2C(=C(Cl)C3)c2oc(nc2Cl)-c2nc(oc24)[C@H](C(C)C)NC1=O. The number of aromatic nitrogens is 2. The lowest BCUT2D eigenvalue weighted by Crippen LogP contribution is -2.41. The molecule has 10 rings (SSSR count). The number of ketones is 1. The van der Waals surface area contributed by atoms with E-state index in [0.717, 1.165) is 33.5 Å². The highest BCUT2D eigenvalue weighted by Crippen LogP contribution is 2.62. The van der Waals surface area contributed by atoms with Gasteiger partial charge in [-0.3, -0.25) is 14.1 Å². The molecule has 3 aromatic carbocycles. The number of oxazole rings is 2. The Bertz CT molecular complexity index is 2760. The van der Waals surface area contributed by atoms with Crippen LogP contribution in [0, 0.1) is 17.8 Å². The molecule has 0 radical (unpaired) electrons. The van der Waals surface area contributed by atoms with E-state index in [1.165, 1.54) is 0 Å². The van der Waals surface area contributed by atoms with Gasteiger partial charge in [-0.15, -0.1) is 0 Å². The summed E-state index contributed by atoms with van der Waals surface area (Å²) < 4.78 is 37.3. The van der Waals surface area contributed by atoms with E-state index in [9.17, 15) is 23.9 Å². The molecule has 4 N–H and O–H groups in total. The summed E-state index contributed by atoms with van der Waals surface area (Å²) in [6.07, 6.45) is -2.09. The Kier molecular flexibility index (Phi) is 8.88. The highest BCUT2D eigenvalue weighted by molar-refractivity contribution is 7.46. The van der Waals surface area contributed by atoms with Crippen LogP contribution in [0.1, 0.15) is 85.4 Å². The largest absolute Gasteiger partial charge is 0.470 e. The van der Waals surface area contributed by atoms with E-state index >= 15 is 0 Å². The molecular formula is C42H36Cl3N4O9P. The van der Waals surface area contributed by atoms with Gasteiger partial charge >= 0.3 is 7.82 Å². The van der Waals surface area contributed by atoms with Gasteiger partial charge in [0.25, 0.3) is 5.89 Å². The zero-order valence-corrected chi connectivity index (χ0v) is 35.1. The normalized spacial score (nSPS) is 22.6. The average molecular weight is 878 g/mol. The number of nitrogens with zero attached hydrogens (tertiary/aromatic N) is 2. The van der Waals surface area contributed by atoms with E-state index < -0.39 is 55.1 Å². The molecule has 1 spiro atoms. The molecule has 0 saturated heterocycles. The number of phosphoric acid groups is 1. The topological polar surface area (TPSA) is 186 Å². The molecule has 5 aromatic rings. The number of anilines is 1. The molecule has 0 fully saturated rings. The third-order valence-corrected chi connectivity index (χ3v) is 13.2. The first-order valence-corrected chi connectivity index (χ1v) is 21.9. The lowest BCUT2D eigenvalue weighted by molar-refractivity contribution is -0.134. The molecule has 17 heteroatoms. The molecule has 59 heavy (non-hydrogen) atoms. The number of halogens is 3. The standard InChI is InChI=1S/C42H36Cl3N4O9P/c1-16(2)31-39-47-33-36(57-39)42-24-11-18(10-20(38(51)46-31)13-27(50)34(17(3)4)58-59(52,53)54)8-9-28(24)55-41(42)48-32-23(14-21(43)15-25(32)42)22-7-5-6-19-12-26(44)30(29(19)22)35-37(45)49-40(33)56-35/h5-9,11,14-17,20,31,34,41,48H,10,12-13H2,1-4H3,(H,46,51)(H2,52,53,54)/t20-,31+,34+,41?,42-/m1/s1. The molecular weight excluding hydrogens is 842 g/mol. The second-order valence-corrected chi connectivity index (χ2v) is 18.8. The van der Waals surface area contributed by atoms with Crippen LogP contribution in [0.3, 0.4) is 0 Å². The number of carbonyl (C=O) groups is 2. The van der Waals surface area contributed by atoms with Crippen LogP contribution >= 0.6 is 42.6 Å². The van der Waals surface area contributed by atoms with Crippen LogP contribution in [-0.4, -0.2) is 43.8 Å². The minimum absolute atomic E-state index is 0.0591. The van der Waals surface area contributed by atoms with Crippen molar-refractivity contribution in [1.82, 2.24) is 15.3 Å². The number of hydrogen-bond donors (Lipinski definition) is 4. The van der Waals surface area contributed by atoms with Gasteiger partial charge in [0, 0.05) is 56.8 Å². The second kappa shape index (κ2) is 13.5. The molecule has 5 atom stereocenters. The van der Waals surface area contributed by atoms with Gasteiger partial charge < -0.3 is 34.0 Å². The smallest absolute Gasteiger partial charge is 0.469 e. The summed E-state index contributed by atoms with van der Waals surface area (Å²) in [5.41, 5.74) is 5.83. The summed E-state index contributed by atoms with van der Waals surface area (Å²) >= 11 is 21.2. The maximum absolute atomic E-state index is 14.5. The maximum atomic E-state index is 14.5. The first-order chi connectivity index (χ1) is 28.0. The predicted molar refractivity (Wildman–Crippen MR) is 218 cm³/mol. The third-order valence-electron chi connectivity index (χ3n) is 11.9. The fourth-order valence-electron chi connectivity index (χ4n) is 9.40. The number of allylic oxidation sites excluding steroid dienone is 1. The Balaban J connectivity index is 1.25. The quantitative estimate of drug-likeness (QED) is 0.114.